The van der Waals surface area contributed by atoms with Gasteiger partial charge in [0.2, 0.25) is 0 Å². The first-order valence-electron chi connectivity index (χ1n) is 5.65. The number of rotatable bonds is 4. The standard InChI is InChI=1S/C14H12ClNO2S/c1-9-4-2-6-11(15)13(9)19-8-10-5-3-7-12(16-10)14(17)18/h2-7H,8H2,1H3,(H,17,18). The number of nitrogens with zero attached hydrogens (tertiary/aromatic N) is 1. The zero-order chi connectivity index (χ0) is 13.8. The third kappa shape index (κ3) is 3.49. The molecule has 2 aromatic rings. The van der Waals surface area contributed by atoms with Crippen molar-refractivity contribution in [2.24, 2.45) is 0 Å². The molecule has 5 heteroatoms. The molecule has 98 valence electrons. The number of carboxylic acids is 1. The molecule has 0 fully saturated rings. The Bertz CT molecular complexity index is 596. The number of aromatic carboxylic acids is 1. The molecule has 1 aromatic carbocycles. The van der Waals surface area contributed by atoms with Crippen LogP contribution >= 0.6 is 23.4 Å². The molecule has 0 radical (unpaired) electrons. The fraction of sp³-hybridized carbons (Fsp3) is 0.143. The van der Waals surface area contributed by atoms with Crippen LogP contribution in [0.5, 0.6) is 0 Å². The van der Waals surface area contributed by atoms with Crippen molar-refractivity contribution in [1.29, 1.82) is 0 Å². The Kier molecular flexibility index (Phi) is 4.45. The minimum absolute atomic E-state index is 0.0639. The van der Waals surface area contributed by atoms with E-state index in [9.17, 15) is 4.79 Å². The van der Waals surface area contributed by atoms with Crippen molar-refractivity contribution in [1.82, 2.24) is 4.98 Å². The zero-order valence-corrected chi connectivity index (χ0v) is 11.8. The first-order valence-corrected chi connectivity index (χ1v) is 7.01. The van der Waals surface area contributed by atoms with Crippen LogP contribution in [0, 0.1) is 6.92 Å². The summed E-state index contributed by atoms with van der Waals surface area (Å²) in [5.41, 5.74) is 1.89. The lowest BCUT2D eigenvalue weighted by atomic mass is 10.2. The number of aryl methyl sites for hydroxylation is 1. The highest BCUT2D eigenvalue weighted by molar-refractivity contribution is 7.98. The number of carboxylic acid groups (broad SMARTS) is 1. The van der Waals surface area contributed by atoms with Crippen LogP contribution in [-0.2, 0) is 5.75 Å². The lowest BCUT2D eigenvalue weighted by Gasteiger charge is -2.07. The van der Waals surface area contributed by atoms with E-state index in [-0.39, 0.29) is 5.69 Å². The molecule has 0 unspecified atom stereocenters. The summed E-state index contributed by atoms with van der Waals surface area (Å²) in [7, 11) is 0. The van der Waals surface area contributed by atoms with Crippen LogP contribution in [0.4, 0.5) is 0 Å². The van der Waals surface area contributed by atoms with Crippen molar-refractivity contribution in [3.05, 3.63) is 58.4 Å². The summed E-state index contributed by atoms with van der Waals surface area (Å²) in [5, 5.41) is 9.60. The van der Waals surface area contributed by atoms with Crippen molar-refractivity contribution >= 4 is 29.3 Å². The normalized spacial score (nSPS) is 10.4. The highest BCUT2D eigenvalue weighted by atomic mass is 35.5. The average molecular weight is 294 g/mol. The lowest BCUT2D eigenvalue weighted by Crippen LogP contribution is -2.01. The molecule has 0 saturated carbocycles. The van der Waals surface area contributed by atoms with Gasteiger partial charge in [-0.3, -0.25) is 0 Å². The van der Waals surface area contributed by atoms with Gasteiger partial charge in [-0.15, -0.1) is 11.8 Å². The van der Waals surface area contributed by atoms with Crippen molar-refractivity contribution in [3.63, 3.8) is 0 Å². The third-order valence-electron chi connectivity index (χ3n) is 2.55. The second-order valence-corrected chi connectivity index (χ2v) is 5.39. The average Bonchev–Trinajstić information content (AvgIpc) is 2.38. The fourth-order valence-electron chi connectivity index (χ4n) is 1.62. The predicted octanol–water partition coefficient (Wildman–Crippen LogP) is 4.03. The van der Waals surface area contributed by atoms with Gasteiger partial charge in [0.1, 0.15) is 5.69 Å². The van der Waals surface area contributed by atoms with Crippen LogP contribution in [0.2, 0.25) is 5.02 Å². The second-order valence-electron chi connectivity index (χ2n) is 3.99. The summed E-state index contributed by atoms with van der Waals surface area (Å²) in [6.07, 6.45) is 0. The van der Waals surface area contributed by atoms with E-state index in [4.69, 9.17) is 16.7 Å². The van der Waals surface area contributed by atoms with Crippen molar-refractivity contribution < 1.29 is 9.90 Å². The number of carbonyl (C=O) groups is 1. The van der Waals surface area contributed by atoms with Crippen LogP contribution in [0.15, 0.2) is 41.3 Å². The Morgan fingerprint density at radius 1 is 1.32 bits per heavy atom. The first-order chi connectivity index (χ1) is 9.08. The van der Waals surface area contributed by atoms with Gasteiger partial charge in [0.15, 0.2) is 0 Å². The van der Waals surface area contributed by atoms with Crippen LogP contribution < -0.4 is 0 Å². The molecular weight excluding hydrogens is 282 g/mol. The van der Waals surface area contributed by atoms with Crippen LogP contribution in [0.1, 0.15) is 21.7 Å². The van der Waals surface area contributed by atoms with Crippen molar-refractivity contribution in [2.75, 3.05) is 0 Å². The summed E-state index contributed by atoms with van der Waals surface area (Å²) in [6.45, 7) is 2.00. The molecule has 0 bridgehead atoms. The number of aromatic nitrogens is 1. The van der Waals surface area contributed by atoms with E-state index < -0.39 is 5.97 Å². The Labute approximate surface area is 120 Å². The number of halogens is 1. The number of hydrogen-bond acceptors (Lipinski definition) is 3. The lowest BCUT2D eigenvalue weighted by molar-refractivity contribution is 0.0690. The minimum Gasteiger partial charge on any atom is -0.477 e. The van der Waals surface area contributed by atoms with E-state index in [1.54, 1.807) is 17.8 Å². The summed E-state index contributed by atoms with van der Waals surface area (Å²) in [5.74, 6) is -0.424. The van der Waals surface area contributed by atoms with Gasteiger partial charge in [-0.2, -0.15) is 0 Å². The minimum atomic E-state index is -1.01. The Morgan fingerprint density at radius 2 is 2.05 bits per heavy atom. The van der Waals surface area contributed by atoms with Crippen LogP contribution in [0.25, 0.3) is 0 Å². The van der Waals surface area contributed by atoms with E-state index >= 15 is 0 Å². The number of benzene rings is 1. The molecule has 1 heterocycles. The fourth-order valence-corrected chi connectivity index (χ4v) is 2.96. The quantitative estimate of drug-likeness (QED) is 0.865. The van der Waals surface area contributed by atoms with Crippen LogP contribution in [0.3, 0.4) is 0 Å². The molecule has 0 saturated heterocycles. The number of thioether (sulfide) groups is 1. The molecule has 0 spiro atoms. The maximum Gasteiger partial charge on any atom is 0.354 e. The largest absolute Gasteiger partial charge is 0.477 e. The third-order valence-corrected chi connectivity index (χ3v) is 4.25. The van der Waals surface area contributed by atoms with E-state index in [0.717, 1.165) is 16.2 Å². The molecule has 1 N–H and O–H groups in total. The van der Waals surface area contributed by atoms with E-state index in [2.05, 4.69) is 4.98 Å². The Balaban J connectivity index is 2.15. The zero-order valence-electron chi connectivity index (χ0n) is 10.3. The van der Waals surface area contributed by atoms with Gasteiger partial charge in [0.25, 0.3) is 0 Å². The van der Waals surface area contributed by atoms with E-state index in [1.165, 1.54) is 6.07 Å². The molecule has 19 heavy (non-hydrogen) atoms. The molecule has 2 rings (SSSR count). The Hall–Kier alpha value is -1.52. The maximum absolute atomic E-state index is 10.8. The molecule has 0 atom stereocenters. The molecule has 0 aliphatic heterocycles. The number of pyridine rings is 1. The molecule has 0 amide bonds. The Morgan fingerprint density at radius 3 is 2.74 bits per heavy atom. The van der Waals surface area contributed by atoms with Crippen molar-refractivity contribution in [3.8, 4) is 0 Å². The van der Waals surface area contributed by atoms with E-state index in [1.807, 2.05) is 31.2 Å². The molecule has 0 aliphatic rings. The van der Waals surface area contributed by atoms with Gasteiger partial charge in [-0.05, 0) is 30.7 Å². The second kappa shape index (κ2) is 6.08. The molecular formula is C14H12ClNO2S. The SMILES string of the molecule is Cc1cccc(Cl)c1SCc1cccc(C(=O)O)n1. The summed E-state index contributed by atoms with van der Waals surface area (Å²) in [4.78, 5) is 15.9. The maximum atomic E-state index is 10.8. The van der Waals surface area contributed by atoms with Gasteiger partial charge in [-0.1, -0.05) is 29.8 Å². The van der Waals surface area contributed by atoms with E-state index in [0.29, 0.717) is 10.8 Å². The van der Waals surface area contributed by atoms with Gasteiger partial charge in [-0.25, -0.2) is 9.78 Å². The topological polar surface area (TPSA) is 50.2 Å². The highest BCUT2D eigenvalue weighted by Gasteiger charge is 2.08. The van der Waals surface area contributed by atoms with Gasteiger partial charge in [0, 0.05) is 10.6 Å². The van der Waals surface area contributed by atoms with Gasteiger partial charge < -0.3 is 5.11 Å². The highest BCUT2D eigenvalue weighted by Crippen LogP contribution is 2.32. The predicted molar refractivity (Wildman–Crippen MR) is 76.9 cm³/mol. The van der Waals surface area contributed by atoms with Gasteiger partial charge in [0.05, 0.1) is 10.7 Å². The molecule has 0 aliphatic carbocycles. The first kappa shape index (κ1) is 13.9. The molecule has 1 aromatic heterocycles. The summed E-state index contributed by atoms with van der Waals surface area (Å²) < 4.78 is 0. The monoisotopic (exact) mass is 293 g/mol. The summed E-state index contributed by atoms with van der Waals surface area (Å²) >= 11 is 7.70. The number of hydrogen-bond donors (Lipinski definition) is 1. The van der Waals surface area contributed by atoms with Crippen LogP contribution in [-0.4, -0.2) is 16.1 Å². The molecule has 3 nitrogen and oxygen atoms in total. The van der Waals surface area contributed by atoms with Gasteiger partial charge >= 0.3 is 5.97 Å². The smallest absolute Gasteiger partial charge is 0.354 e. The summed E-state index contributed by atoms with van der Waals surface area (Å²) in [6, 6.07) is 10.7. The van der Waals surface area contributed by atoms with Crippen molar-refractivity contribution in [2.45, 2.75) is 17.6 Å².